The molecule has 4 heteroatoms. The molecule has 0 amide bonds. The molecule has 0 bridgehead atoms. The maximum absolute atomic E-state index is 6.05. The summed E-state index contributed by atoms with van der Waals surface area (Å²) in [5.74, 6) is 0. The summed E-state index contributed by atoms with van der Waals surface area (Å²) in [6, 6.07) is 9.89. The van der Waals surface area contributed by atoms with Crippen LogP contribution in [0.15, 0.2) is 48.9 Å². The summed E-state index contributed by atoms with van der Waals surface area (Å²) in [5.41, 5.74) is 9.37. The van der Waals surface area contributed by atoms with Crippen molar-refractivity contribution in [1.82, 2.24) is 14.6 Å². The quantitative estimate of drug-likeness (QED) is 0.668. The lowest BCUT2D eigenvalue weighted by Crippen LogP contribution is -1.87. The van der Waals surface area contributed by atoms with Crippen molar-refractivity contribution in [2.75, 3.05) is 5.73 Å². The summed E-state index contributed by atoms with van der Waals surface area (Å²) in [7, 11) is 0. The lowest BCUT2D eigenvalue weighted by atomic mass is 10.1. The van der Waals surface area contributed by atoms with E-state index in [0.29, 0.717) is 5.69 Å². The number of nitrogen functional groups attached to an aromatic ring is 1. The fourth-order valence-corrected chi connectivity index (χ4v) is 1.73. The van der Waals surface area contributed by atoms with E-state index in [1.54, 1.807) is 23.1 Å². The van der Waals surface area contributed by atoms with Crippen molar-refractivity contribution in [2.45, 2.75) is 0 Å². The lowest BCUT2D eigenvalue weighted by Gasteiger charge is -1.96. The van der Waals surface area contributed by atoms with Gasteiger partial charge in [-0.15, -0.1) is 0 Å². The molecule has 0 saturated heterocycles. The van der Waals surface area contributed by atoms with Gasteiger partial charge in [0.05, 0.1) is 11.9 Å². The van der Waals surface area contributed by atoms with Crippen molar-refractivity contribution in [1.29, 1.82) is 0 Å². The van der Waals surface area contributed by atoms with Crippen LogP contribution in [-0.2, 0) is 0 Å². The molecule has 0 spiro atoms. The monoisotopic (exact) mass is 210 g/mol. The van der Waals surface area contributed by atoms with Crippen LogP contribution in [0.5, 0.6) is 0 Å². The van der Waals surface area contributed by atoms with Gasteiger partial charge >= 0.3 is 0 Å². The van der Waals surface area contributed by atoms with Gasteiger partial charge in [-0.25, -0.2) is 4.52 Å². The third-order valence-corrected chi connectivity index (χ3v) is 2.52. The van der Waals surface area contributed by atoms with Crippen LogP contribution in [0.25, 0.3) is 16.8 Å². The van der Waals surface area contributed by atoms with Crippen LogP contribution >= 0.6 is 0 Å². The third-order valence-electron chi connectivity index (χ3n) is 2.52. The Hall–Kier alpha value is -2.36. The van der Waals surface area contributed by atoms with Crippen LogP contribution in [0, 0.1) is 0 Å². The molecule has 0 unspecified atom stereocenters. The molecule has 0 aliphatic heterocycles. The summed E-state index contributed by atoms with van der Waals surface area (Å²) in [5, 5.41) is 4.43. The Morgan fingerprint density at radius 3 is 2.69 bits per heavy atom. The molecule has 3 aromatic rings. The fraction of sp³-hybridized carbons (Fsp3) is 0. The molecule has 2 aromatic heterocycles. The van der Waals surface area contributed by atoms with Crippen molar-refractivity contribution < 1.29 is 0 Å². The first-order valence-electron chi connectivity index (χ1n) is 4.99. The van der Waals surface area contributed by atoms with Gasteiger partial charge in [0, 0.05) is 18.0 Å². The number of hydrogen-bond donors (Lipinski definition) is 1. The second-order valence-corrected chi connectivity index (χ2v) is 3.53. The number of anilines is 1. The number of fused-ring (bicyclic) bond motifs is 1. The fourth-order valence-electron chi connectivity index (χ4n) is 1.73. The predicted molar refractivity (Wildman–Crippen MR) is 62.8 cm³/mol. The van der Waals surface area contributed by atoms with E-state index in [-0.39, 0.29) is 0 Å². The molecule has 2 heterocycles. The third kappa shape index (κ3) is 1.24. The zero-order valence-electron chi connectivity index (χ0n) is 8.54. The topological polar surface area (TPSA) is 56.2 Å². The number of benzene rings is 1. The van der Waals surface area contributed by atoms with Crippen molar-refractivity contribution in [3.8, 4) is 11.3 Å². The minimum Gasteiger partial charge on any atom is -0.395 e. The highest BCUT2D eigenvalue weighted by Crippen LogP contribution is 2.27. The van der Waals surface area contributed by atoms with Crippen LogP contribution in [0.3, 0.4) is 0 Å². The Morgan fingerprint density at radius 1 is 1.12 bits per heavy atom. The van der Waals surface area contributed by atoms with Gasteiger partial charge in [0.15, 0.2) is 0 Å². The van der Waals surface area contributed by atoms with Crippen LogP contribution in [0.2, 0.25) is 0 Å². The van der Waals surface area contributed by atoms with Crippen molar-refractivity contribution >= 4 is 11.2 Å². The molecule has 3 rings (SSSR count). The molecule has 1 aromatic carbocycles. The summed E-state index contributed by atoms with van der Waals surface area (Å²) < 4.78 is 1.74. The second-order valence-electron chi connectivity index (χ2n) is 3.53. The standard InChI is InChI=1S/C12H10N4/c13-11-10-8-14-6-7-16(10)15-12(11)9-4-2-1-3-5-9/h1-8H,13H2. The number of aromatic nitrogens is 3. The molecule has 4 nitrogen and oxygen atoms in total. The van der Waals surface area contributed by atoms with Crippen molar-refractivity contribution in [3.05, 3.63) is 48.9 Å². The molecule has 0 fully saturated rings. The summed E-state index contributed by atoms with van der Waals surface area (Å²) >= 11 is 0. The van der Waals surface area contributed by atoms with E-state index in [2.05, 4.69) is 10.1 Å². The molecule has 16 heavy (non-hydrogen) atoms. The minimum absolute atomic E-state index is 0.666. The van der Waals surface area contributed by atoms with E-state index < -0.39 is 0 Å². The van der Waals surface area contributed by atoms with E-state index >= 15 is 0 Å². The molecule has 0 aliphatic carbocycles. The highest BCUT2D eigenvalue weighted by molar-refractivity contribution is 5.84. The van der Waals surface area contributed by atoms with Crippen molar-refractivity contribution in [3.63, 3.8) is 0 Å². The number of hydrogen-bond acceptors (Lipinski definition) is 3. The van der Waals surface area contributed by atoms with E-state index in [1.165, 1.54) is 0 Å². The maximum atomic E-state index is 6.05. The van der Waals surface area contributed by atoms with Crippen LogP contribution in [0.4, 0.5) is 5.69 Å². The summed E-state index contributed by atoms with van der Waals surface area (Å²) in [6.07, 6.45) is 5.20. The van der Waals surface area contributed by atoms with Crippen LogP contribution in [0.1, 0.15) is 0 Å². The molecular weight excluding hydrogens is 200 g/mol. The molecule has 0 aliphatic rings. The Kier molecular flexibility index (Phi) is 1.86. The maximum Gasteiger partial charge on any atom is 0.116 e. The first-order chi connectivity index (χ1) is 7.86. The van der Waals surface area contributed by atoms with Gasteiger partial charge in [0.25, 0.3) is 0 Å². The number of nitrogens with two attached hydrogens (primary N) is 1. The first-order valence-corrected chi connectivity index (χ1v) is 4.99. The van der Waals surface area contributed by atoms with Gasteiger partial charge in [-0.2, -0.15) is 5.10 Å². The summed E-state index contributed by atoms with van der Waals surface area (Å²) in [4.78, 5) is 4.04. The van der Waals surface area contributed by atoms with E-state index in [1.807, 2.05) is 30.3 Å². The first kappa shape index (κ1) is 8.91. The lowest BCUT2D eigenvalue weighted by molar-refractivity contribution is 0.950. The van der Waals surface area contributed by atoms with Crippen molar-refractivity contribution in [2.24, 2.45) is 0 Å². The van der Waals surface area contributed by atoms with Gasteiger partial charge in [0.1, 0.15) is 11.2 Å². The zero-order chi connectivity index (χ0) is 11.0. The smallest absolute Gasteiger partial charge is 0.116 e. The van der Waals surface area contributed by atoms with E-state index in [0.717, 1.165) is 16.8 Å². The van der Waals surface area contributed by atoms with Gasteiger partial charge in [-0.05, 0) is 0 Å². The minimum atomic E-state index is 0.666. The average molecular weight is 210 g/mol. The largest absolute Gasteiger partial charge is 0.395 e. The second kappa shape index (κ2) is 3.34. The molecular formula is C12H10N4. The summed E-state index contributed by atoms with van der Waals surface area (Å²) in [6.45, 7) is 0. The van der Waals surface area contributed by atoms with Gasteiger partial charge < -0.3 is 5.73 Å². The molecule has 0 atom stereocenters. The molecule has 78 valence electrons. The molecule has 0 radical (unpaired) electrons. The predicted octanol–water partition coefficient (Wildman–Crippen LogP) is 1.98. The van der Waals surface area contributed by atoms with Gasteiger partial charge in [-0.3, -0.25) is 4.98 Å². The van der Waals surface area contributed by atoms with Crippen LogP contribution in [-0.4, -0.2) is 14.6 Å². The molecule has 0 saturated carbocycles. The molecule has 2 N–H and O–H groups in total. The average Bonchev–Trinajstić information content (AvgIpc) is 2.69. The number of nitrogens with zero attached hydrogens (tertiary/aromatic N) is 3. The number of rotatable bonds is 1. The Labute approximate surface area is 92.4 Å². The SMILES string of the molecule is Nc1c(-c2ccccc2)nn2ccncc12. The van der Waals surface area contributed by atoms with Gasteiger partial charge in [0.2, 0.25) is 0 Å². The highest BCUT2D eigenvalue weighted by atomic mass is 15.2. The highest BCUT2D eigenvalue weighted by Gasteiger charge is 2.10. The Balaban J connectivity index is 2.29. The van der Waals surface area contributed by atoms with Crippen LogP contribution < -0.4 is 5.73 Å². The normalized spacial score (nSPS) is 10.8. The van der Waals surface area contributed by atoms with E-state index in [4.69, 9.17) is 5.73 Å². The van der Waals surface area contributed by atoms with E-state index in [9.17, 15) is 0 Å². The van der Waals surface area contributed by atoms with Gasteiger partial charge in [-0.1, -0.05) is 30.3 Å². The Morgan fingerprint density at radius 2 is 1.94 bits per heavy atom. The Bertz CT molecular complexity index is 628. The zero-order valence-corrected chi connectivity index (χ0v) is 8.54.